The van der Waals surface area contributed by atoms with E-state index in [1.807, 2.05) is 6.07 Å². The lowest BCUT2D eigenvalue weighted by atomic mass is 10.0. The van der Waals surface area contributed by atoms with E-state index in [0.29, 0.717) is 41.9 Å². The van der Waals surface area contributed by atoms with Crippen molar-refractivity contribution in [3.05, 3.63) is 34.5 Å². The molecule has 1 aliphatic heterocycles. The summed E-state index contributed by atoms with van der Waals surface area (Å²) in [7, 11) is 6.80. The molecule has 2 aliphatic rings. The number of benzene rings is 1. The number of likely N-dealkylation sites (N-methyl/N-ethyl adjacent to an activating group) is 2. The van der Waals surface area contributed by atoms with Crippen LogP contribution in [0, 0.1) is 0 Å². The summed E-state index contributed by atoms with van der Waals surface area (Å²) in [6, 6.07) is 4.10. The van der Waals surface area contributed by atoms with Crippen molar-refractivity contribution in [2.45, 2.75) is 31.2 Å². The number of hydrogen-bond acceptors (Lipinski definition) is 8. The molecule has 1 aromatic heterocycles. The first-order chi connectivity index (χ1) is 16.7. The van der Waals surface area contributed by atoms with E-state index in [1.165, 1.54) is 17.3 Å². The molecule has 1 fully saturated rings. The van der Waals surface area contributed by atoms with Gasteiger partial charge in [0.25, 0.3) is 0 Å². The molecule has 1 aromatic carbocycles. The second-order valence-electron chi connectivity index (χ2n) is 9.19. The van der Waals surface area contributed by atoms with Crippen LogP contribution in [0.25, 0.3) is 0 Å². The molecule has 2 heterocycles. The van der Waals surface area contributed by atoms with Crippen LogP contribution in [0.5, 0.6) is 5.75 Å². The normalized spacial score (nSPS) is 16.5. The van der Waals surface area contributed by atoms with Crippen molar-refractivity contribution in [2.75, 3.05) is 58.5 Å². The van der Waals surface area contributed by atoms with E-state index in [1.54, 1.807) is 33.2 Å². The summed E-state index contributed by atoms with van der Waals surface area (Å²) in [5, 5.41) is 9.46. The largest absolute Gasteiger partial charge is 0.495 e. The standard InChI is InChI=1S/C24H32ClN7O3/c1-26-22(34)24(7-8-24)30-21-17(25)13-27-23(29-21)28-18-11-15-5-9-32(14-20(33)31(2)3)10-6-16(15)12-19(18)35-4/h11-13H,5-10,14H2,1-4H3,(H,26,34)(H2,27,28,29,30). The minimum atomic E-state index is -0.675. The number of ether oxygens (including phenoxy) is 1. The number of aromatic nitrogens is 2. The Morgan fingerprint density at radius 1 is 1.20 bits per heavy atom. The summed E-state index contributed by atoms with van der Waals surface area (Å²) in [5.41, 5.74) is 2.46. The number of halogens is 1. The van der Waals surface area contributed by atoms with Gasteiger partial charge < -0.3 is 25.6 Å². The molecule has 11 heteroatoms. The average Bonchev–Trinajstić information content (AvgIpc) is 3.65. The summed E-state index contributed by atoms with van der Waals surface area (Å²) in [5.74, 6) is 1.44. The van der Waals surface area contributed by atoms with Gasteiger partial charge in [0.2, 0.25) is 17.8 Å². The fourth-order valence-electron chi connectivity index (χ4n) is 4.19. The molecule has 1 saturated carbocycles. The van der Waals surface area contributed by atoms with Gasteiger partial charge >= 0.3 is 0 Å². The van der Waals surface area contributed by atoms with Crippen LogP contribution in [-0.2, 0) is 22.4 Å². The van der Waals surface area contributed by atoms with Crippen LogP contribution in [-0.4, -0.2) is 85.0 Å². The number of amides is 2. The zero-order valence-corrected chi connectivity index (χ0v) is 21.3. The molecule has 3 N–H and O–H groups in total. The van der Waals surface area contributed by atoms with Crippen LogP contribution in [0.4, 0.5) is 17.5 Å². The highest BCUT2D eigenvalue weighted by molar-refractivity contribution is 6.32. The molecule has 35 heavy (non-hydrogen) atoms. The first kappa shape index (κ1) is 25.0. The quantitative estimate of drug-likeness (QED) is 0.504. The van der Waals surface area contributed by atoms with Gasteiger partial charge in [-0.1, -0.05) is 11.6 Å². The summed E-state index contributed by atoms with van der Waals surface area (Å²) >= 11 is 6.32. The summed E-state index contributed by atoms with van der Waals surface area (Å²) < 4.78 is 5.65. The number of carbonyl (C=O) groups is 2. The van der Waals surface area contributed by atoms with Gasteiger partial charge in [-0.25, -0.2) is 4.98 Å². The maximum absolute atomic E-state index is 12.2. The van der Waals surface area contributed by atoms with Crippen molar-refractivity contribution in [2.24, 2.45) is 0 Å². The molecule has 0 saturated heterocycles. The van der Waals surface area contributed by atoms with Gasteiger partial charge in [0.15, 0.2) is 5.82 Å². The van der Waals surface area contributed by atoms with Crippen LogP contribution in [0.3, 0.4) is 0 Å². The fourth-order valence-corrected chi connectivity index (χ4v) is 4.33. The molecule has 2 aromatic rings. The number of methoxy groups -OCH3 is 1. The molecule has 10 nitrogen and oxygen atoms in total. The van der Waals surface area contributed by atoms with Gasteiger partial charge in [0.1, 0.15) is 16.3 Å². The number of rotatable bonds is 8. The van der Waals surface area contributed by atoms with Crippen molar-refractivity contribution in [1.82, 2.24) is 25.1 Å². The predicted octanol–water partition coefficient (Wildman–Crippen LogP) is 2.06. The Kier molecular flexibility index (Phi) is 7.32. The number of anilines is 3. The molecule has 4 rings (SSSR count). The SMILES string of the molecule is CNC(=O)C1(Nc2nc(Nc3cc4c(cc3OC)CCN(CC(=O)N(C)C)CC4)ncc2Cl)CC1. The third kappa shape index (κ3) is 5.59. The Hall–Kier alpha value is -3.11. The number of carbonyl (C=O) groups excluding carboxylic acids is 2. The third-order valence-electron chi connectivity index (χ3n) is 6.53. The third-order valence-corrected chi connectivity index (χ3v) is 6.81. The van der Waals surface area contributed by atoms with E-state index in [2.05, 4.69) is 36.9 Å². The highest BCUT2D eigenvalue weighted by Gasteiger charge is 2.50. The number of fused-ring (bicyclic) bond motifs is 1. The Bertz CT molecular complexity index is 1120. The second kappa shape index (κ2) is 10.2. The zero-order valence-electron chi connectivity index (χ0n) is 20.6. The van der Waals surface area contributed by atoms with Crippen molar-refractivity contribution in [3.8, 4) is 5.75 Å². The number of nitrogens with zero attached hydrogens (tertiary/aromatic N) is 4. The van der Waals surface area contributed by atoms with Crippen molar-refractivity contribution < 1.29 is 14.3 Å². The topological polar surface area (TPSA) is 112 Å². The van der Waals surface area contributed by atoms with Crippen LogP contribution in [0.15, 0.2) is 18.3 Å². The van der Waals surface area contributed by atoms with Gasteiger partial charge in [-0.2, -0.15) is 4.98 Å². The van der Waals surface area contributed by atoms with Gasteiger partial charge in [0.05, 0.1) is 25.5 Å². The zero-order chi connectivity index (χ0) is 25.2. The highest BCUT2D eigenvalue weighted by Crippen LogP contribution is 2.40. The first-order valence-electron chi connectivity index (χ1n) is 11.7. The Labute approximate surface area is 210 Å². The van der Waals surface area contributed by atoms with Crippen LogP contribution in [0.2, 0.25) is 5.02 Å². The van der Waals surface area contributed by atoms with Crippen LogP contribution in [0.1, 0.15) is 24.0 Å². The van der Waals surface area contributed by atoms with Crippen molar-refractivity contribution >= 4 is 40.9 Å². The maximum atomic E-state index is 12.2. The van der Waals surface area contributed by atoms with E-state index in [-0.39, 0.29) is 11.8 Å². The van der Waals surface area contributed by atoms with E-state index in [4.69, 9.17) is 16.3 Å². The molecule has 0 bridgehead atoms. The smallest absolute Gasteiger partial charge is 0.245 e. The maximum Gasteiger partial charge on any atom is 0.245 e. The summed E-state index contributed by atoms with van der Waals surface area (Å²) in [6.07, 6.45) is 4.59. The minimum Gasteiger partial charge on any atom is -0.495 e. The molecule has 1 aliphatic carbocycles. The number of hydrogen-bond donors (Lipinski definition) is 3. The Morgan fingerprint density at radius 2 is 1.89 bits per heavy atom. The lowest BCUT2D eigenvalue weighted by molar-refractivity contribution is -0.129. The molecule has 2 amide bonds. The number of nitrogens with one attached hydrogen (secondary N) is 3. The predicted molar refractivity (Wildman–Crippen MR) is 136 cm³/mol. The van der Waals surface area contributed by atoms with Crippen LogP contribution < -0.4 is 20.7 Å². The monoisotopic (exact) mass is 501 g/mol. The summed E-state index contributed by atoms with van der Waals surface area (Å²) in [6.45, 7) is 2.02. The van der Waals surface area contributed by atoms with Gasteiger partial charge in [0, 0.05) is 34.2 Å². The molecular formula is C24H32ClN7O3. The van der Waals surface area contributed by atoms with Gasteiger partial charge in [-0.3, -0.25) is 14.5 Å². The van der Waals surface area contributed by atoms with Crippen LogP contribution >= 0.6 is 11.6 Å². The average molecular weight is 502 g/mol. The van der Waals surface area contributed by atoms with Crippen molar-refractivity contribution in [3.63, 3.8) is 0 Å². The Morgan fingerprint density at radius 3 is 2.49 bits per heavy atom. The van der Waals surface area contributed by atoms with E-state index >= 15 is 0 Å². The molecule has 188 valence electrons. The molecule has 0 spiro atoms. The molecule has 0 radical (unpaired) electrons. The Balaban J connectivity index is 1.52. The summed E-state index contributed by atoms with van der Waals surface area (Å²) in [4.78, 5) is 37.0. The molecule has 0 unspecified atom stereocenters. The van der Waals surface area contributed by atoms with E-state index in [0.717, 1.165) is 31.6 Å². The minimum absolute atomic E-state index is 0.0876. The first-order valence-corrected chi connectivity index (χ1v) is 12.0. The van der Waals surface area contributed by atoms with Gasteiger partial charge in [-0.05, 0) is 48.9 Å². The second-order valence-corrected chi connectivity index (χ2v) is 9.59. The molecule has 0 atom stereocenters. The lowest BCUT2D eigenvalue weighted by Crippen LogP contribution is -2.40. The van der Waals surface area contributed by atoms with Gasteiger partial charge in [-0.15, -0.1) is 0 Å². The lowest BCUT2D eigenvalue weighted by Gasteiger charge is -2.21. The van der Waals surface area contributed by atoms with Crippen molar-refractivity contribution in [1.29, 1.82) is 0 Å². The van der Waals surface area contributed by atoms with E-state index in [9.17, 15) is 9.59 Å². The fraction of sp³-hybridized carbons (Fsp3) is 0.500. The highest BCUT2D eigenvalue weighted by atomic mass is 35.5. The molecular weight excluding hydrogens is 470 g/mol. The van der Waals surface area contributed by atoms with E-state index < -0.39 is 5.54 Å².